The van der Waals surface area contributed by atoms with E-state index in [4.69, 9.17) is 4.74 Å². The van der Waals surface area contributed by atoms with Crippen LogP contribution in [0.5, 0.6) is 0 Å². The maximum Gasteiger partial charge on any atom is 0.422 e. The summed E-state index contributed by atoms with van der Waals surface area (Å²) < 4.78 is 5.02. The highest BCUT2D eigenvalue weighted by Gasteiger charge is 2.15. The largest absolute Gasteiger partial charge is 0.443 e. The number of hydrazine groups is 1. The van der Waals surface area contributed by atoms with Gasteiger partial charge in [-0.05, 0) is 34.9 Å². The van der Waals surface area contributed by atoms with Gasteiger partial charge in [0.2, 0.25) is 0 Å². The minimum absolute atomic E-state index is 0.448. The summed E-state index contributed by atoms with van der Waals surface area (Å²) in [6.07, 6.45) is -0.448. The molecule has 14 heavy (non-hydrogen) atoms. The summed E-state index contributed by atoms with van der Waals surface area (Å²) in [4.78, 5) is 13.1. The SMILES string of the molecule is CN(C)CCNNC(=O)OC(C)(C)C. The maximum absolute atomic E-state index is 11.1. The quantitative estimate of drug-likeness (QED) is 0.518. The Bertz CT molecular complexity index is 175. The van der Waals surface area contributed by atoms with Crippen LogP contribution in [0.1, 0.15) is 20.8 Å². The molecule has 0 aliphatic rings. The van der Waals surface area contributed by atoms with E-state index in [0.29, 0.717) is 6.54 Å². The summed E-state index contributed by atoms with van der Waals surface area (Å²) in [5, 5.41) is 0. The maximum atomic E-state index is 11.1. The molecule has 1 amide bonds. The molecule has 0 saturated heterocycles. The monoisotopic (exact) mass is 203 g/mol. The number of carbonyl (C=O) groups is 1. The molecular formula is C9H21N3O2. The van der Waals surface area contributed by atoms with E-state index in [2.05, 4.69) is 10.9 Å². The molecule has 0 aliphatic carbocycles. The third-order valence-corrected chi connectivity index (χ3v) is 1.27. The molecule has 0 spiro atoms. The van der Waals surface area contributed by atoms with Crippen molar-refractivity contribution in [3.63, 3.8) is 0 Å². The molecule has 0 unspecified atom stereocenters. The van der Waals surface area contributed by atoms with Crippen LogP contribution in [-0.4, -0.2) is 43.8 Å². The van der Waals surface area contributed by atoms with Crippen molar-refractivity contribution >= 4 is 6.09 Å². The zero-order valence-corrected chi connectivity index (χ0v) is 9.68. The van der Waals surface area contributed by atoms with Crippen LogP contribution < -0.4 is 10.9 Å². The van der Waals surface area contributed by atoms with Crippen molar-refractivity contribution in [1.29, 1.82) is 0 Å². The fraction of sp³-hybridized carbons (Fsp3) is 0.889. The van der Waals surface area contributed by atoms with Crippen molar-refractivity contribution < 1.29 is 9.53 Å². The minimum atomic E-state index is -0.451. The molecule has 0 heterocycles. The Kier molecular flexibility index (Phi) is 5.49. The van der Waals surface area contributed by atoms with E-state index in [9.17, 15) is 4.79 Å². The van der Waals surface area contributed by atoms with E-state index >= 15 is 0 Å². The zero-order chi connectivity index (χ0) is 11.2. The van der Waals surface area contributed by atoms with E-state index < -0.39 is 11.7 Å². The number of nitrogens with one attached hydrogen (secondary N) is 2. The van der Waals surface area contributed by atoms with Gasteiger partial charge in [0.25, 0.3) is 0 Å². The summed E-state index contributed by atoms with van der Waals surface area (Å²) in [6.45, 7) is 7.02. The van der Waals surface area contributed by atoms with Crippen LogP contribution in [0.4, 0.5) is 4.79 Å². The highest BCUT2D eigenvalue weighted by atomic mass is 16.6. The van der Waals surface area contributed by atoms with Crippen LogP contribution >= 0.6 is 0 Å². The number of hydrogen-bond donors (Lipinski definition) is 2. The van der Waals surface area contributed by atoms with E-state index in [1.54, 1.807) is 0 Å². The lowest BCUT2D eigenvalue weighted by Gasteiger charge is -2.20. The minimum Gasteiger partial charge on any atom is -0.443 e. The van der Waals surface area contributed by atoms with E-state index in [1.807, 2.05) is 39.8 Å². The first-order chi connectivity index (χ1) is 6.31. The first kappa shape index (κ1) is 13.2. The van der Waals surface area contributed by atoms with Crippen molar-refractivity contribution in [2.45, 2.75) is 26.4 Å². The number of carbonyl (C=O) groups excluding carboxylic acids is 1. The van der Waals surface area contributed by atoms with Gasteiger partial charge in [-0.2, -0.15) is 0 Å². The predicted molar refractivity (Wildman–Crippen MR) is 55.9 cm³/mol. The van der Waals surface area contributed by atoms with Gasteiger partial charge < -0.3 is 9.64 Å². The standard InChI is InChI=1S/C9H21N3O2/c1-9(2,3)14-8(13)11-10-6-7-12(4)5/h10H,6-7H2,1-5H3,(H,11,13). The number of rotatable bonds is 4. The van der Waals surface area contributed by atoms with Gasteiger partial charge in [-0.3, -0.25) is 5.43 Å². The highest BCUT2D eigenvalue weighted by molar-refractivity contribution is 5.66. The molecule has 0 aliphatic heterocycles. The zero-order valence-electron chi connectivity index (χ0n) is 9.68. The summed E-state index contributed by atoms with van der Waals surface area (Å²) in [5.74, 6) is 0. The van der Waals surface area contributed by atoms with Gasteiger partial charge in [0.1, 0.15) is 5.60 Å². The van der Waals surface area contributed by atoms with Crippen molar-refractivity contribution in [2.75, 3.05) is 27.2 Å². The van der Waals surface area contributed by atoms with Crippen LogP contribution in [0.2, 0.25) is 0 Å². The fourth-order valence-electron chi connectivity index (χ4n) is 0.718. The lowest BCUT2D eigenvalue weighted by Crippen LogP contribution is -2.43. The van der Waals surface area contributed by atoms with Gasteiger partial charge in [-0.15, -0.1) is 0 Å². The summed E-state index contributed by atoms with van der Waals surface area (Å²) in [5.41, 5.74) is 4.78. The molecular weight excluding hydrogens is 182 g/mol. The predicted octanol–water partition coefficient (Wildman–Crippen LogP) is 0.577. The van der Waals surface area contributed by atoms with E-state index in [1.165, 1.54) is 0 Å². The highest BCUT2D eigenvalue weighted by Crippen LogP contribution is 2.05. The average molecular weight is 203 g/mol. The van der Waals surface area contributed by atoms with Crippen LogP contribution in [0, 0.1) is 0 Å². The number of likely N-dealkylation sites (N-methyl/N-ethyl adjacent to an activating group) is 1. The molecule has 2 N–H and O–H groups in total. The molecule has 0 aromatic carbocycles. The topological polar surface area (TPSA) is 53.6 Å². The Labute approximate surface area is 85.8 Å². The molecule has 0 fully saturated rings. The Morgan fingerprint density at radius 2 is 1.93 bits per heavy atom. The number of amides is 1. The van der Waals surface area contributed by atoms with Crippen LogP contribution in [-0.2, 0) is 4.74 Å². The Hall–Kier alpha value is -0.810. The van der Waals surface area contributed by atoms with E-state index in [-0.39, 0.29) is 0 Å². The molecule has 0 bridgehead atoms. The van der Waals surface area contributed by atoms with Gasteiger partial charge >= 0.3 is 6.09 Å². The number of nitrogens with zero attached hydrogens (tertiary/aromatic N) is 1. The smallest absolute Gasteiger partial charge is 0.422 e. The molecule has 84 valence electrons. The van der Waals surface area contributed by atoms with Gasteiger partial charge in [-0.25, -0.2) is 10.2 Å². The second-order valence-corrected chi connectivity index (χ2v) is 4.36. The third-order valence-electron chi connectivity index (χ3n) is 1.27. The van der Waals surface area contributed by atoms with Gasteiger partial charge in [0.05, 0.1) is 0 Å². The Balaban J connectivity index is 3.46. The molecule has 0 aromatic rings. The fourth-order valence-corrected chi connectivity index (χ4v) is 0.718. The number of ether oxygens (including phenoxy) is 1. The molecule has 0 radical (unpaired) electrons. The normalized spacial score (nSPS) is 11.6. The average Bonchev–Trinajstić information content (AvgIpc) is 1.94. The molecule has 0 aromatic heterocycles. The first-order valence-electron chi connectivity index (χ1n) is 4.68. The molecule has 5 heteroatoms. The lowest BCUT2D eigenvalue weighted by atomic mass is 10.2. The second kappa shape index (κ2) is 5.82. The summed E-state index contributed by atoms with van der Waals surface area (Å²) in [7, 11) is 3.93. The first-order valence-corrected chi connectivity index (χ1v) is 4.68. The Morgan fingerprint density at radius 3 is 2.36 bits per heavy atom. The molecule has 0 saturated carbocycles. The van der Waals surface area contributed by atoms with Crippen molar-refractivity contribution in [1.82, 2.24) is 15.8 Å². The van der Waals surface area contributed by atoms with Gasteiger partial charge in [0.15, 0.2) is 0 Å². The summed E-state index contributed by atoms with van der Waals surface area (Å²) in [6, 6.07) is 0. The lowest BCUT2D eigenvalue weighted by molar-refractivity contribution is 0.0497. The second-order valence-electron chi connectivity index (χ2n) is 4.36. The van der Waals surface area contributed by atoms with Crippen LogP contribution in [0.25, 0.3) is 0 Å². The molecule has 0 atom stereocenters. The van der Waals surface area contributed by atoms with Crippen molar-refractivity contribution in [3.8, 4) is 0 Å². The van der Waals surface area contributed by atoms with Crippen LogP contribution in [0.15, 0.2) is 0 Å². The van der Waals surface area contributed by atoms with E-state index in [0.717, 1.165) is 6.54 Å². The number of hydrogen-bond acceptors (Lipinski definition) is 4. The molecule has 5 nitrogen and oxygen atoms in total. The third kappa shape index (κ3) is 9.28. The van der Waals surface area contributed by atoms with Crippen LogP contribution in [0.3, 0.4) is 0 Å². The Morgan fingerprint density at radius 1 is 1.36 bits per heavy atom. The van der Waals surface area contributed by atoms with Crippen molar-refractivity contribution in [3.05, 3.63) is 0 Å². The van der Waals surface area contributed by atoms with Gasteiger partial charge in [-0.1, -0.05) is 0 Å². The van der Waals surface area contributed by atoms with Crippen molar-refractivity contribution in [2.24, 2.45) is 0 Å². The summed E-state index contributed by atoms with van der Waals surface area (Å²) >= 11 is 0. The van der Waals surface area contributed by atoms with Gasteiger partial charge in [0, 0.05) is 13.1 Å². The molecule has 0 rings (SSSR count).